The Kier molecular flexibility index (Phi) is 7.01. The third kappa shape index (κ3) is 4.49. The molecule has 3 aromatic rings. The lowest BCUT2D eigenvalue weighted by atomic mass is 9.86. The Morgan fingerprint density at radius 2 is 1.84 bits per heavy atom. The number of amides is 2. The van der Waals surface area contributed by atoms with E-state index in [-0.39, 0.29) is 30.5 Å². The first-order valence-corrected chi connectivity index (χ1v) is 12.6. The van der Waals surface area contributed by atoms with E-state index < -0.39 is 23.9 Å². The monoisotopic (exact) mass is 498 g/mol. The molecule has 0 unspecified atom stereocenters. The molecule has 2 aliphatic heterocycles. The molecule has 2 N–H and O–H groups in total. The zero-order valence-electron chi connectivity index (χ0n) is 20.7. The number of hydrogen-bond acceptors (Lipinski definition) is 5. The smallest absolute Gasteiger partial charge is 0.258 e. The summed E-state index contributed by atoms with van der Waals surface area (Å²) < 4.78 is 1.67. The summed E-state index contributed by atoms with van der Waals surface area (Å²) in [7, 11) is 0. The molecule has 0 radical (unpaired) electrons. The highest BCUT2D eigenvalue weighted by Gasteiger charge is 2.57. The fourth-order valence-corrected chi connectivity index (χ4v) is 5.59. The summed E-state index contributed by atoms with van der Waals surface area (Å²) in [5, 5.41) is 13.4. The molecule has 4 heterocycles. The van der Waals surface area contributed by atoms with Crippen molar-refractivity contribution >= 4 is 24.0 Å². The zero-order chi connectivity index (χ0) is 25.9. The number of pyridine rings is 2. The molecular formula is C29H30N4O4. The van der Waals surface area contributed by atoms with E-state index in [0.29, 0.717) is 23.4 Å². The standard InChI is InChI=1S/C29H30N4O4/c1-2-14-31-27(35)25-22(18-34)24-17-32-23(26(25)33(24)29(37)21-12-15-30-16-13-21)11-10-20(28(32)36)9-8-19-6-4-3-5-7-19/h3-13,15-16,22,24-26,34H,2,14,17-18H2,1H3,(H,31,35)/t22-,24-,25+,26+/m1/s1. The molecule has 2 aromatic heterocycles. The van der Waals surface area contributed by atoms with E-state index in [4.69, 9.17) is 0 Å². The van der Waals surface area contributed by atoms with Crippen molar-refractivity contribution in [3.63, 3.8) is 0 Å². The summed E-state index contributed by atoms with van der Waals surface area (Å²) in [6.45, 7) is 2.40. The van der Waals surface area contributed by atoms with Crippen LogP contribution in [-0.2, 0) is 11.3 Å². The fraction of sp³-hybridized carbons (Fsp3) is 0.310. The first-order valence-electron chi connectivity index (χ1n) is 12.6. The summed E-state index contributed by atoms with van der Waals surface area (Å²) in [5.41, 5.74) is 2.38. The van der Waals surface area contributed by atoms with Crippen LogP contribution in [0.4, 0.5) is 0 Å². The van der Waals surface area contributed by atoms with E-state index in [9.17, 15) is 19.5 Å². The molecule has 190 valence electrons. The minimum Gasteiger partial charge on any atom is -0.396 e. The number of aromatic nitrogens is 2. The topological polar surface area (TPSA) is 105 Å². The zero-order valence-corrected chi connectivity index (χ0v) is 20.7. The van der Waals surface area contributed by atoms with Crippen molar-refractivity contribution in [2.24, 2.45) is 11.8 Å². The molecule has 2 amide bonds. The molecule has 2 bridgehead atoms. The predicted molar refractivity (Wildman–Crippen MR) is 140 cm³/mol. The van der Waals surface area contributed by atoms with Gasteiger partial charge in [0.15, 0.2) is 0 Å². The summed E-state index contributed by atoms with van der Waals surface area (Å²) in [4.78, 5) is 46.4. The summed E-state index contributed by atoms with van der Waals surface area (Å²) in [5.74, 6) is -1.63. The maximum atomic E-state index is 13.7. The highest BCUT2D eigenvalue weighted by Crippen LogP contribution is 2.48. The van der Waals surface area contributed by atoms with Crippen LogP contribution in [0.3, 0.4) is 0 Å². The summed E-state index contributed by atoms with van der Waals surface area (Å²) >= 11 is 0. The number of aliphatic hydroxyl groups excluding tert-OH is 1. The van der Waals surface area contributed by atoms with Gasteiger partial charge < -0.3 is 19.9 Å². The lowest BCUT2D eigenvalue weighted by Gasteiger charge is -2.38. The van der Waals surface area contributed by atoms with E-state index in [1.807, 2.05) is 49.4 Å². The van der Waals surface area contributed by atoms with Crippen molar-refractivity contribution in [1.82, 2.24) is 19.8 Å². The number of nitrogens with zero attached hydrogens (tertiary/aromatic N) is 3. The second-order valence-corrected chi connectivity index (χ2v) is 9.50. The first kappa shape index (κ1) is 24.6. The van der Waals surface area contributed by atoms with Gasteiger partial charge in [0.25, 0.3) is 11.5 Å². The average molecular weight is 499 g/mol. The van der Waals surface area contributed by atoms with Crippen molar-refractivity contribution < 1.29 is 14.7 Å². The maximum absolute atomic E-state index is 13.7. The normalized spacial score (nSPS) is 22.2. The molecule has 4 atom stereocenters. The Bertz CT molecular complexity index is 1370. The molecule has 0 spiro atoms. The maximum Gasteiger partial charge on any atom is 0.258 e. The van der Waals surface area contributed by atoms with E-state index in [2.05, 4.69) is 10.3 Å². The minimum atomic E-state index is -0.675. The number of rotatable bonds is 7. The summed E-state index contributed by atoms with van der Waals surface area (Å²) in [6, 6.07) is 15.4. The van der Waals surface area contributed by atoms with E-state index in [0.717, 1.165) is 12.0 Å². The number of fused-ring (bicyclic) bond motifs is 4. The van der Waals surface area contributed by atoms with Gasteiger partial charge in [-0.25, -0.2) is 0 Å². The van der Waals surface area contributed by atoms with Crippen molar-refractivity contribution in [2.75, 3.05) is 13.2 Å². The van der Waals surface area contributed by atoms with Gasteiger partial charge in [-0.1, -0.05) is 43.3 Å². The third-order valence-corrected chi connectivity index (χ3v) is 7.34. The van der Waals surface area contributed by atoms with Gasteiger partial charge in [0.1, 0.15) is 0 Å². The van der Waals surface area contributed by atoms with Crippen LogP contribution >= 0.6 is 0 Å². The van der Waals surface area contributed by atoms with Gasteiger partial charge in [0.2, 0.25) is 5.91 Å². The quantitative estimate of drug-likeness (QED) is 0.521. The lowest BCUT2D eigenvalue weighted by Crippen LogP contribution is -2.49. The van der Waals surface area contributed by atoms with Crippen LogP contribution in [0.15, 0.2) is 71.8 Å². The largest absolute Gasteiger partial charge is 0.396 e. The lowest BCUT2D eigenvalue weighted by molar-refractivity contribution is -0.127. The Hall–Kier alpha value is -4.04. The van der Waals surface area contributed by atoms with Gasteiger partial charge in [-0.3, -0.25) is 19.4 Å². The van der Waals surface area contributed by atoms with Gasteiger partial charge in [-0.05, 0) is 42.3 Å². The van der Waals surface area contributed by atoms with E-state index in [1.54, 1.807) is 46.1 Å². The van der Waals surface area contributed by atoms with E-state index in [1.165, 1.54) is 0 Å². The Morgan fingerprint density at radius 1 is 1.08 bits per heavy atom. The molecule has 8 heteroatoms. The van der Waals surface area contributed by atoms with Crippen LogP contribution in [0.2, 0.25) is 0 Å². The second kappa shape index (κ2) is 10.5. The number of benzene rings is 1. The molecule has 8 nitrogen and oxygen atoms in total. The molecule has 1 aromatic carbocycles. The van der Waals surface area contributed by atoms with Crippen molar-refractivity contribution in [3.05, 3.63) is 99.7 Å². The van der Waals surface area contributed by atoms with Crippen LogP contribution < -0.4 is 10.9 Å². The predicted octanol–water partition coefficient (Wildman–Crippen LogP) is 2.74. The first-order chi connectivity index (χ1) is 18.0. The van der Waals surface area contributed by atoms with Crippen molar-refractivity contribution in [3.8, 4) is 0 Å². The van der Waals surface area contributed by atoms with Crippen LogP contribution in [-0.4, -0.2) is 50.6 Å². The third-order valence-electron chi connectivity index (χ3n) is 7.34. The number of carbonyl (C=O) groups excluding carboxylic acids is 2. The van der Waals surface area contributed by atoms with E-state index >= 15 is 0 Å². The minimum absolute atomic E-state index is 0.179. The highest BCUT2D eigenvalue weighted by atomic mass is 16.3. The number of aliphatic hydroxyl groups is 1. The van der Waals surface area contributed by atoms with Gasteiger partial charge in [0.05, 0.1) is 18.0 Å². The second-order valence-electron chi connectivity index (χ2n) is 9.50. The molecule has 1 saturated heterocycles. The van der Waals surface area contributed by atoms with Gasteiger partial charge in [-0.2, -0.15) is 0 Å². The van der Waals surface area contributed by atoms with Gasteiger partial charge >= 0.3 is 0 Å². The Morgan fingerprint density at radius 3 is 2.54 bits per heavy atom. The molecule has 1 fully saturated rings. The van der Waals surface area contributed by atoms with Crippen LogP contribution in [0.1, 0.15) is 46.6 Å². The molecule has 0 aliphatic carbocycles. The van der Waals surface area contributed by atoms with Crippen LogP contribution in [0.25, 0.3) is 12.2 Å². The Balaban J connectivity index is 1.59. The molecule has 2 aliphatic rings. The molecule has 37 heavy (non-hydrogen) atoms. The molecule has 0 saturated carbocycles. The fourth-order valence-electron chi connectivity index (χ4n) is 5.59. The summed E-state index contributed by atoms with van der Waals surface area (Å²) in [6.07, 6.45) is 7.55. The van der Waals surface area contributed by atoms with Crippen molar-refractivity contribution in [2.45, 2.75) is 32.0 Å². The average Bonchev–Trinajstić information content (AvgIpc) is 3.18. The number of hydrogen-bond donors (Lipinski definition) is 2. The number of carbonyl (C=O) groups is 2. The van der Waals surface area contributed by atoms with Crippen molar-refractivity contribution in [1.29, 1.82) is 0 Å². The Labute approximate surface area is 215 Å². The number of nitrogens with one attached hydrogen (secondary N) is 1. The molecular weight excluding hydrogens is 468 g/mol. The van der Waals surface area contributed by atoms with Crippen LogP contribution in [0, 0.1) is 11.8 Å². The van der Waals surface area contributed by atoms with Crippen LogP contribution in [0.5, 0.6) is 0 Å². The highest BCUT2D eigenvalue weighted by molar-refractivity contribution is 5.96. The van der Waals surface area contributed by atoms with Gasteiger partial charge in [0, 0.05) is 54.8 Å². The molecule has 5 rings (SSSR count). The van der Waals surface area contributed by atoms with Gasteiger partial charge in [-0.15, -0.1) is 0 Å². The SMILES string of the molecule is CCCNC(=O)[C@H]1[C@H](CO)[C@H]2Cn3c(ccc(C=Cc4ccccc4)c3=O)[C@@H]1N2C(=O)c1ccncc1.